The molecule has 0 heterocycles. The van der Waals surface area contributed by atoms with Gasteiger partial charge in [-0.1, -0.05) is 13.3 Å². The number of hydrogen-bond acceptors (Lipinski definition) is 3. The fourth-order valence-electron chi connectivity index (χ4n) is 1.62. The van der Waals surface area contributed by atoms with Crippen molar-refractivity contribution >= 4 is 0 Å². The van der Waals surface area contributed by atoms with Crippen LogP contribution in [0.15, 0.2) is 0 Å². The molecule has 74 valence electrons. The third-order valence-corrected chi connectivity index (χ3v) is 2.68. The molecule has 0 aliphatic carbocycles. The summed E-state index contributed by atoms with van der Waals surface area (Å²) in [7, 11) is 0. The number of rotatable bonds is 7. The molecule has 0 saturated carbocycles. The fourth-order valence-corrected chi connectivity index (χ4v) is 1.62. The molecule has 0 unspecified atom stereocenters. The van der Waals surface area contributed by atoms with Crippen molar-refractivity contribution in [3.63, 3.8) is 0 Å². The van der Waals surface area contributed by atoms with Crippen molar-refractivity contribution in [2.75, 3.05) is 19.8 Å². The summed E-state index contributed by atoms with van der Waals surface area (Å²) < 4.78 is 0. The van der Waals surface area contributed by atoms with Crippen molar-refractivity contribution in [3.8, 4) is 0 Å². The van der Waals surface area contributed by atoms with E-state index < -0.39 is 0 Å². The van der Waals surface area contributed by atoms with Crippen molar-refractivity contribution in [3.05, 3.63) is 0 Å². The second-order valence-electron chi connectivity index (χ2n) is 3.27. The Kier molecular flexibility index (Phi) is 6.34. The fraction of sp³-hybridized carbons (Fsp3) is 1.00. The maximum atomic E-state index is 8.82. The Morgan fingerprint density at radius 3 is 1.33 bits per heavy atom. The van der Waals surface area contributed by atoms with Crippen LogP contribution in [-0.4, -0.2) is 35.1 Å². The first kappa shape index (κ1) is 11.9. The zero-order valence-electron chi connectivity index (χ0n) is 7.79. The minimum absolute atomic E-state index is 0.0573. The summed E-state index contributed by atoms with van der Waals surface area (Å²) in [6.07, 6.45) is 2.91. The molecular formula is C9H20O3. The Balaban J connectivity index is 4.06. The van der Waals surface area contributed by atoms with Crippen LogP contribution in [0.4, 0.5) is 0 Å². The molecule has 0 amide bonds. The second kappa shape index (κ2) is 6.40. The lowest BCUT2D eigenvalue weighted by atomic mass is 9.76. The summed E-state index contributed by atoms with van der Waals surface area (Å²) in [6.45, 7) is 2.43. The van der Waals surface area contributed by atoms with Gasteiger partial charge in [0.15, 0.2) is 0 Å². The minimum atomic E-state index is -0.0573. The van der Waals surface area contributed by atoms with E-state index in [-0.39, 0.29) is 25.2 Å². The summed E-state index contributed by atoms with van der Waals surface area (Å²) in [5.74, 6) is 0. The second-order valence-corrected chi connectivity index (χ2v) is 3.27. The molecule has 0 aliphatic rings. The van der Waals surface area contributed by atoms with Gasteiger partial charge in [-0.15, -0.1) is 0 Å². The third kappa shape index (κ3) is 3.52. The van der Waals surface area contributed by atoms with Crippen LogP contribution >= 0.6 is 0 Å². The Bertz CT molecular complexity index is 86.9. The molecule has 0 bridgehead atoms. The molecule has 0 atom stereocenters. The molecule has 0 saturated heterocycles. The van der Waals surface area contributed by atoms with Gasteiger partial charge in [-0.2, -0.15) is 0 Å². The van der Waals surface area contributed by atoms with Crippen molar-refractivity contribution in [2.24, 2.45) is 5.41 Å². The quantitative estimate of drug-likeness (QED) is 0.530. The Hall–Kier alpha value is -0.120. The van der Waals surface area contributed by atoms with Gasteiger partial charge in [-0.3, -0.25) is 0 Å². The van der Waals surface area contributed by atoms with E-state index in [1.54, 1.807) is 0 Å². The van der Waals surface area contributed by atoms with Gasteiger partial charge >= 0.3 is 0 Å². The molecule has 0 rings (SSSR count). The summed E-state index contributed by atoms with van der Waals surface area (Å²) in [5.41, 5.74) is -0.0573. The monoisotopic (exact) mass is 176 g/mol. The predicted octanol–water partition coefficient (Wildman–Crippen LogP) is 0.530. The highest BCUT2D eigenvalue weighted by Gasteiger charge is 2.25. The lowest BCUT2D eigenvalue weighted by Crippen LogP contribution is -2.24. The van der Waals surface area contributed by atoms with Crippen LogP contribution < -0.4 is 0 Å². The van der Waals surface area contributed by atoms with E-state index in [9.17, 15) is 0 Å². The molecule has 0 aliphatic heterocycles. The van der Waals surface area contributed by atoms with Gasteiger partial charge in [-0.05, 0) is 24.7 Å². The summed E-state index contributed by atoms with van der Waals surface area (Å²) >= 11 is 0. The molecule has 3 heteroatoms. The molecule has 3 N–H and O–H groups in total. The van der Waals surface area contributed by atoms with Crippen molar-refractivity contribution in [1.29, 1.82) is 0 Å². The van der Waals surface area contributed by atoms with Gasteiger partial charge < -0.3 is 15.3 Å². The van der Waals surface area contributed by atoms with Gasteiger partial charge in [0, 0.05) is 19.8 Å². The van der Waals surface area contributed by atoms with Gasteiger partial charge in [0.1, 0.15) is 0 Å². The Morgan fingerprint density at radius 1 is 0.833 bits per heavy atom. The molecular weight excluding hydrogens is 156 g/mol. The first-order valence-corrected chi connectivity index (χ1v) is 4.57. The zero-order valence-corrected chi connectivity index (χ0v) is 7.79. The number of aliphatic hydroxyl groups is 3. The summed E-state index contributed by atoms with van der Waals surface area (Å²) in [6, 6.07) is 0. The van der Waals surface area contributed by atoms with Crippen LogP contribution in [0, 0.1) is 5.41 Å². The number of aliphatic hydroxyl groups excluding tert-OH is 3. The molecule has 3 nitrogen and oxygen atoms in total. The van der Waals surface area contributed by atoms with Crippen molar-refractivity contribution < 1.29 is 15.3 Å². The summed E-state index contributed by atoms with van der Waals surface area (Å²) in [5, 5.41) is 26.5. The van der Waals surface area contributed by atoms with Gasteiger partial charge in [0.25, 0.3) is 0 Å². The highest BCUT2D eigenvalue weighted by Crippen LogP contribution is 2.33. The van der Waals surface area contributed by atoms with E-state index in [2.05, 4.69) is 0 Å². The Morgan fingerprint density at radius 2 is 1.17 bits per heavy atom. The standard InChI is InChI=1S/C9H20O3/c1-2-9(3-6-10,4-7-11)5-8-12/h10-12H,2-8H2,1H3. The Labute approximate surface area is 74.0 Å². The van der Waals surface area contributed by atoms with Crippen LogP contribution in [0.5, 0.6) is 0 Å². The van der Waals surface area contributed by atoms with Crippen molar-refractivity contribution in [1.82, 2.24) is 0 Å². The van der Waals surface area contributed by atoms with Crippen LogP contribution in [-0.2, 0) is 0 Å². The van der Waals surface area contributed by atoms with Crippen molar-refractivity contribution in [2.45, 2.75) is 32.6 Å². The van der Waals surface area contributed by atoms with Gasteiger partial charge in [0.05, 0.1) is 0 Å². The van der Waals surface area contributed by atoms with E-state index in [0.29, 0.717) is 19.3 Å². The van der Waals surface area contributed by atoms with E-state index >= 15 is 0 Å². The zero-order chi connectivity index (χ0) is 9.45. The van der Waals surface area contributed by atoms with Crippen LogP contribution in [0.3, 0.4) is 0 Å². The van der Waals surface area contributed by atoms with Crippen LogP contribution in [0.25, 0.3) is 0 Å². The average molecular weight is 176 g/mol. The molecule has 0 spiro atoms. The van der Waals surface area contributed by atoms with E-state index in [4.69, 9.17) is 15.3 Å². The highest BCUT2D eigenvalue weighted by atomic mass is 16.3. The van der Waals surface area contributed by atoms with Gasteiger partial charge in [0.2, 0.25) is 0 Å². The average Bonchev–Trinajstić information content (AvgIpc) is 2.06. The lowest BCUT2D eigenvalue weighted by Gasteiger charge is -2.30. The molecule has 0 aromatic rings. The smallest absolute Gasteiger partial charge is 0.0436 e. The molecule has 0 aromatic carbocycles. The maximum absolute atomic E-state index is 8.82. The van der Waals surface area contributed by atoms with E-state index in [1.807, 2.05) is 6.92 Å². The first-order chi connectivity index (χ1) is 5.74. The SMILES string of the molecule is CCC(CCO)(CCO)CCO. The normalized spacial score (nSPS) is 12.0. The van der Waals surface area contributed by atoms with E-state index in [1.165, 1.54) is 0 Å². The van der Waals surface area contributed by atoms with Gasteiger partial charge in [-0.25, -0.2) is 0 Å². The molecule has 0 radical (unpaired) electrons. The largest absolute Gasteiger partial charge is 0.396 e. The molecule has 0 fully saturated rings. The highest BCUT2D eigenvalue weighted by molar-refractivity contribution is 4.77. The van der Waals surface area contributed by atoms with E-state index in [0.717, 1.165) is 6.42 Å². The molecule has 0 aromatic heterocycles. The first-order valence-electron chi connectivity index (χ1n) is 4.57. The maximum Gasteiger partial charge on any atom is 0.0436 e. The van der Waals surface area contributed by atoms with Crippen LogP contribution in [0.2, 0.25) is 0 Å². The van der Waals surface area contributed by atoms with Crippen LogP contribution in [0.1, 0.15) is 32.6 Å². The summed E-state index contributed by atoms with van der Waals surface area (Å²) in [4.78, 5) is 0. The minimum Gasteiger partial charge on any atom is -0.396 e. The lowest BCUT2D eigenvalue weighted by molar-refractivity contribution is 0.0957. The predicted molar refractivity (Wildman–Crippen MR) is 47.8 cm³/mol. The molecule has 12 heavy (non-hydrogen) atoms. The number of hydrogen-bond donors (Lipinski definition) is 3. The topological polar surface area (TPSA) is 60.7 Å². The third-order valence-electron chi connectivity index (χ3n) is 2.68.